The van der Waals surface area contributed by atoms with Gasteiger partial charge < -0.3 is 5.32 Å². The topological polar surface area (TPSA) is 46.2 Å². The van der Waals surface area contributed by atoms with Crippen LogP contribution >= 0.6 is 0 Å². The van der Waals surface area contributed by atoms with E-state index >= 15 is 0 Å². The lowest BCUT2D eigenvalue weighted by Gasteiger charge is -2.40. The second-order valence-electron chi connectivity index (χ2n) is 7.11. The van der Waals surface area contributed by atoms with Crippen LogP contribution in [0, 0.1) is 11.8 Å². The molecule has 1 N–H and O–H groups in total. The average Bonchev–Trinajstić information content (AvgIpc) is 2.38. The van der Waals surface area contributed by atoms with Gasteiger partial charge >= 0.3 is 0 Å². The zero-order valence-electron chi connectivity index (χ0n) is 13.1. The van der Waals surface area contributed by atoms with Crippen LogP contribution in [0.25, 0.3) is 0 Å². The summed E-state index contributed by atoms with van der Waals surface area (Å²) in [5.41, 5.74) is 0. The van der Waals surface area contributed by atoms with Crippen molar-refractivity contribution < 1.29 is 8.42 Å². The number of hydrogen-bond donors (Lipinski definition) is 1. The van der Waals surface area contributed by atoms with Gasteiger partial charge in [-0.3, -0.25) is 0 Å². The van der Waals surface area contributed by atoms with Crippen LogP contribution in [0.15, 0.2) is 0 Å². The van der Waals surface area contributed by atoms with Crippen molar-refractivity contribution in [2.24, 2.45) is 11.8 Å². The van der Waals surface area contributed by atoms with Crippen LogP contribution in [0.5, 0.6) is 0 Å². The Bertz CT molecular complexity index is 387. The van der Waals surface area contributed by atoms with Crippen LogP contribution in [0.3, 0.4) is 0 Å². The Morgan fingerprint density at radius 1 is 1.00 bits per heavy atom. The lowest BCUT2D eigenvalue weighted by molar-refractivity contribution is 0.145. The Balaban J connectivity index is 1.92. The fourth-order valence-corrected chi connectivity index (χ4v) is 5.37. The Hall–Kier alpha value is -0.0900. The summed E-state index contributed by atoms with van der Waals surface area (Å²) in [5, 5.41) is 3.64. The molecule has 0 amide bonds. The largest absolute Gasteiger partial charge is 0.310 e. The SMILES string of the molecule is C[C@H](CS(C)(=O)=O)N[C@H]1CCCC[C@@H]1C1CCCCC1. The summed E-state index contributed by atoms with van der Waals surface area (Å²) < 4.78 is 22.9. The maximum absolute atomic E-state index is 11.4. The molecule has 2 aliphatic rings. The average molecular weight is 301 g/mol. The van der Waals surface area contributed by atoms with Crippen molar-refractivity contribution in [3.63, 3.8) is 0 Å². The standard InChI is InChI=1S/C16H31NO2S/c1-13(12-20(2,18)19)17-16-11-7-6-10-15(16)14-8-4-3-5-9-14/h13-17H,3-12H2,1-2H3/t13-,15-,16+/m1/s1. The third kappa shape index (κ3) is 5.03. The highest BCUT2D eigenvalue weighted by Gasteiger charge is 2.33. The van der Waals surface area contributed by atoms with Crippen LogP contribution in [-0.4, -0.2) is 32.5 Å². The maximum Gasteiger partial charge on any atom is 0.148 e. The van der Waals surface area contributed by atoms with E-state index in [9.17, 15) is 8.42 Å². The molecule has 0 unspecified atom stereocenters. The molecular formula is C16H31NO2S. The van der Waals surface area contributed by atoms with E-state index in [1.165, 1.54) is 64.0 Å². The molecule has 2 saturated carbocycles. The number of nitrogens with one attached hydrogen (secondary N) is 1. The fourth-order valence-electron chi connectivity index (χ4n) is 4.36. The Kier molecular flexibility index (Phi) is 5.91. The smallest absolute Gasteiger partial charge is 0.148 e. The second-order valence-corrected chi connectivity index (χ2v) is 9.30. The van der Waals surface area contributed by atoms with Crippen molar-refractivity contribution in [3.8, 4) is 0 Å². The van der Waals surface area contributed by atoms with Gasteiger partial charge in [0.25, 0.3) is 0 Å². The molecule has 3 nitrogen and oxygen atoms in total. The van der Waals surface area contributed by atoms with Gasteiger partial charge in [0, 0.05) is 18.3 Å². The molecule has 0 aromatic heterocycles. The van der Waals surface area contributed by atoms with Gasteiger partial charge in [-0.05, 0) is 31.6 Å². The van der Waals surface area contributed by atoms with E-state index in [-0.39, 0.29) is 11.8 Å². The van der Waals surface area contributed by atoms with E-state index in [1.54, 1.807) is 0 Å². The van der Waals surface area contributed by atoms with Crippen molar-refractivity contribution in [2.75, 3.05) is 12.0 Å². The maximum atomic E-state index is 11.4. The minimum absolute atomic E-state index is 0.0826. The lowest BCUT2D eigenvalue weighted by atomic mass is 9.71. The van der Waals surface area contributed by atoms with Gasteiger partial charge in [0.2, 0.25) is 0 Å². The fraction of sp³-hybridized carbons (Fsp3) is 1.00. The Morgan fingerprint density at radius 2 is 1.60 bits per heavy atom. The highest BCUT2D eigenvalue weighted by Crippen LogP contribution is 2.38. The van der Waals surface area contributed by atoms with Gasteiger partial charge in [0.05, 0.1) is 5.75 Å². The monoisotopic (exact) mass is 301 g/mol. The van der Waals surface area contributed by atoms with Crippen molar-refractivity contribution in [3.05, 3.63) is 0 Å². The molecule has 118 valence electrons. The summed E-state index contributed by atoms with van der Waals surface area (Å²) in [6.07, 6.45) is 13.6. The molecular weight excluding hydrogens is 270 g/mol. The normalized spacial score (nSPS) is 31.1. The zero-order chi connectivity index (χ0) is 14.6. The van der Waals surface area contributed by atoms with Crippen LogP contribution in [0.4, 0.5) is 0 Å². The molecule has 0 aliphatic heterocycles. The molecule has 0 bridgehead atoms. The van der Waals surface area contributed by atoms with Crippen LogP contribution in [0.1, 0.15) is 64.7 Å². The number of hydrogen-bond acceptors (Lipinski definition) is 3. The predicted molar refractivity (Wildman–Crippen MR) is 84.6 cm³/mol. The Labute approximate surface area is 124 Å². The molecule has 3 atom stereocenters. The molecule has 4 heteroatoms. The van der Waals surface area contributed by atoms with Crippen LogP contribution in [0.2, 0.25) is 0 Å². The minimum Gasteiger partial charge on any atom is -0.310 e. The van der Waals surface area contributed by atoms with E-state index in [1.807, 2.05) is 6.92 Å². The van der Waals surface area contributed by atoms with Gasteiger partial charge in [0.15, 0.2) is 0 Å². The van der Waals surface area contributed by atoms with Crippen LogP contribution < -0.4 is 5.32 Å². The van der Waals surface area contributed by atoms with Gasteiger partial charge in [-0.2, -0.15) is 0 Å². The molecule has 0 radical (unpaired) electrons. The first kappa shape index (κ1) is 16.3. The molecule has 2 rings (SSSR count). The highest BCUT2D eigenvalue weighted by molar-refractivity contribution is 7.90. The summed E-state index contributed by atoms with van der Waals surface area (Å²) in [6, 6.07) is 0.628. The van der Waals surface area contributed by atoms with Crippen LogP contribution in [-0.2, 0) is 9.84 Å². The molecule has 20 heavy (non-hydrogen) atoms. The van der Waals surface area contributed by atoms with Crippen molar-refractivity contribution >= 4 is 9.84 Å². The third-order valence-electron chi connectivity index (χ3n) is 5.13. The van der Waals surface area contributed by atoms with E-state index in [0.29, 0.717) is 6.04 Å². The first-order valence-corrected chi connectivity index (χ1v) is 10.5. The lowest BCUT2D eigenvalue weighted by Crippen LogP contribution is -2.48. The highest BCUT2D eigenvalue weighted by atomic mass is 32.2. The molecule has 0 saturated heterocycles. The molecule has 0 spiro atoms. The predicted octanol–water partition coefficient (Wildman–Crippen LogP) is 3.15. The molecule has 2 fully saturated rings. The van der Waals surface area contributed by atoms with E-state index < -0.39 is 9.84 Å². The first-order valence-electron chi connectivity index (χ1n) is 8.39. The summed E-state index contributed by atoms with van der Waals surface area (Å²) in [6.45, 7) is 2.02. The van der Waals surface area contributed by atoms with Gasteiger partial charge in [-0.25, -0.2) is 8.42 Å². The van der Waals surface area contributed by atoms with Gasteiger partial charge in [-0.1, -0.05) is 44.9 Å². The van der Waals surface area contributed by atoms with Crippen molar-refractivity contribution in [2.45, 2.75) is 76.8 Å². The van der Waals surface area contributed by atoms with Crippen molar-refractivity contribution in [1.82, 2.24) is 5.32 Å². The molecule has 2 aliphatic carbocycles. The summed E-state index contributed by atoms with van der Waals surface area (Å²) in [5.74, 6) is 1.93. The summed E-state index contributed by atoms with van der Waals surface area (Å²) >= 11 is 0. The first-order chi connectivity index (χ1) is 9.46. The Morgan fingerprint density at radius 3 is 2.25 bits per heavy atom. The van der Waals surface area contributed by atoms with Gasteiger partial charge in [0.1, 0.15) is 9.84 Å². The molecule has 0 aromatic rings. The minimum atomic E-state index is -2.88. The number of sulfone groups is 1. The third-order valence-corrected chi connectivity index (χ3v) is 6.23. The summed E-state index contributed by atoms with van der Waals surface area (Å²) in [4.78, 5) is 0. The molecule has 0 heterocycles. The number of rotatable bonds is 5. The molecule has 0 aromatic carbocycles. The van der Waals surface area contributed by atoms with E-state index in [2.05, 4.69) is 5.32 Å². The summed E-state index contributed by atoms with van der Waals surface area (Å²) in [7, 11) is -2.88. The zero-order valence-corrected chi connectivity index (χ0v) is 13.9. The van der Waals surface area contributed by atoms with E-state index in [0.717, 1.165) is 11.8 Å². The van der Waals surface area contributed by atoms with Gasteiger partial charge in [-0.15, -0.1) is 0 Å². The second kappa shape index (κ2) is 7.26. The quantitative estimate of drug-likeness (QED) is 0.848. The van der Waals surface area contributed by atoms with E-state index in [4.69, 9.17) is 0 Å². The van der Waals surface area contributed by atoms with Crippen molar-refractivity contribution in [1.29, 1.82) is 0 Å².